The number of hydrogen-bond acceptors (Lipinski definition) is 5. The number of carbonyl (C=O) groups is 1. The van der Waals surface area contributed by atoms with Crippen LogP contribution in [0.3, 0.4) is 0 Å². The Bertz CT molecular complexity index is 843. The fraction of sp³-hybridized carbons (Fsp3) is 0.111. The largest absolute Gasteiger partial charge is 0.497 e. The molecule has 0 unspecified atom stereocenters. The van der Waals surface area contributed by atoms with Gasteiger partial charge in [-0.25, -0.2) is 9.79 Å². The minimum Gasteiger partial charge on any atom is -0.497 e. The molecule has 3 rings (SSSR count). The second kappa shape index (κ2) is 6.36. The predicted octanol–water partition coefficient (Wildman–Crippen LogP) is 3.05. The second-order valence-corrected chi connectivity index (χ2v) is 4.71. The Balaban J connectivity index is 2.05. The van der Waals surface area contributed by atoms with Gasteiger partial charge >= 0.3 is 5.97 Å². The zero-order valence-corrected chi connectivity index (χ0v) is 12.7. The number of nitrogens with zero attached hydrogens (tertiary/aromatic N) is 1. The van der Waals surface area contributed by atoms with Crippen molar-refractivity contribution in [1.29, 1.82) is 0 Å². The van der Waals surface area contributed by atoms with Gasteiger partial charge in [0.2, 0.25) is 5.90 Å². The molecule has 0 bridgehead atoms. The second-order valence-electron chi connectivity index (χ2n) is 4.71. The van der Waals surface area contributed by atoms with E-state index in [0.29, 0.717) is 22.6 Å². The van der Waals surface area contributed by atoms with Crippen molar-refractivity contribution in [3.8, 4) is 11.5 Å². The van der Waals surface area contributed by atoms with Gasteiger partial charge in [0.25, 0.3) is 0 Å². The smallest absolute Gasteiger partial charge is 0.363 e. The van der Waals surface area contributed by atoms with Gasteiger partial charge in [0.05, 0.1) is 15.6 Å². The number of hydrogen-bond donors (Lipinski definition) is 0. The van der Waals surface area contributed by atoms with E-state index in [1.807, 2.05) is 18.2 Å². The van der Waals surface area contributed by atoms with Crippen LogP contribution in [0.4, 0.5) is 0 Å². The van der Waals surface area contributed by atoms with Gasteiger partial charge in [0, 0.05) is 17.2 Å². The average molecular weight is 310 g/mol. The average Bonchev–Trinajstić information content (AvgIpc) is 3.03. The monoisotopic (exact) mass is 310 g/mol. The first-order chi connectivity index (χ1) is 11.6. The first-order valence-corrected chi connectivity index (χ1v) is 6.93. The summed E-state index contributed by atoms with van der Waals surface area (Å²) in [4.78, 5) is 16.3. The molecular weight excluding hydrogens is 294 g/mol. The van der Waals surface area contributed by atoms with E-state index in [2.05, 4.69) is 4.99 Å². The van der Waals surface area contributed by atoms with Gasteiger partial charge in [-0.15, -0.1) is 0 Å². The van der Waals surface area contributed by atoms with Gasteiger partial charge in [-0.1, -0.05) is 18.2 Å². The first kappa shape index (κ1) is 13.6. The summed E-state index contributed by atoms with van der Waals surface area (Å²) in [6.07, 6.45) is 0. The molecule has 0 spiro atoms. The third kappa shape index (κ3) is 3.08. The van der Waals surface area contributed by atoms with E-state index in [-0.39, 0.29) is 17.6 Å². The molecule has 5 heteroatoms. The standard InChI is InChI=1S/C18H15NO4/c1-21-14-9-8-13(16(11-14)22-2)10-15-18(20)23-17(19-15)12-6-4-3-5-7-12/h3-11H,1-2H3/b15-10-/i10D. The minimum atomic E-state index is -0.656. The highest BCUT2D eigenvalue weighted by atomic mass is 16.6. The van der Waals surface area contributed by atoms with E-state index in [1.165, 1.54) is 7.11 Å². The van der Waals surface area contributed by atoms with Crippen molar-refractivity contribution in [3.05, 3.63) is 65.4 Å². The molecule has 2 aromatic carbocycles. The Morgan fingerprint density at radius 2 is 1.91 bits per heavy atom. The van der Waals surface area contributed by atoms with Crippen LogP contribution in [0.5, 0.6) is 11.5 Å². The quantitative estimate of drug-likeness (QED) is 0.643. The van der Waals surface area contributed by atoms with E-state index in [9.17, 15) is 4.79 Å². The number of esters is 1. The molecule has 116 valence electrons. The molecule has 0 aliphatic carbocycles. The zero-order chi connectivity index (χ0) is 17.1. The van der Waals surface area contributed by atoms with Crippen molar-refractivity contribution < 1.29 is 20.4 Å². The molecule has 0 atom stereocenters. The van der Waals surface area contributed by atoms with Crippen molar-refractivity contribution in [2.45, 2.75) is 0 Å². The van der Waals surface area contributed by atoms with Crippen molar-refractivity contribution in [3.63, 3.8) is 0 Å². The maximum absolute atomic E-state index is 12.1. The number of benzene rings is 2. The Morgan fingerprint density at radius 1 is 1.13 bits per heavy atom. The molecule has 0 N–H and O–H groups in total. The van der Waals surface area contributed by atoms with Crippen molar-refractivity contribution in [2.24, 2.45) is 4.99 Å². The highest BCUT2D eigenvalue weighted by Crippen LogP contribution is 2.28. The predicted molar refractivity (Wildman–Crippen MR) is 86.6 cm³/mol. The molecule has 0 radical (unpaired) electrons. The van der Waals surface area contributed by atoms with Crippen LogP contribution < -0.4 is 9.47 Å². The fourth-order valence-corrected chi connectivity index (χ4v) is 2.12. The van der Waals surface area contributed by atoms with Crippen LogP contribution in [0.1, 0.15) is 12.5 Å². The molecule has 0 saturated carbocycles. The summed E-state index contributed by atoms with van der Waals surface area (Å²) >= 11 is 0. The van der Waals surface area contributed by atoms with E-state index in [4.69, 9.17) is 15.6 Å². The van der Waals surface area contributed by atoms with E-state index < -0.39 is 5.97 Å². The Kier molecular flexibility index (Phi) is 3.75. The maximum Gasteiger partial charge on any atom is 0.363 e. The Labute approximate surface area is 135 Å². The minimum absolute atomic E-state index is 0.0580. The number of aliphatic imine (C=N–C) groups is 1. The van der Waals surface area contributed by atoms with Crippen LogP contribution in [-0.2, 0) is 9.53 Å². The van der Waals surface area contributed by atoms with Gasteiger partial charge < -0.3 is 14.2 Å². The number of cyclic esters (lactones) is 1. The summed E-state index contributed by atoms with van der Waals surface area (Å²) in [5.74, 6) is 0.545. The van der Waals surface area contributed by atoms with Crippen LogP contribution in [-0.4, -0.2) is 26.1 Å². The van der Waals surface area contributed by atoms with Crippen LogP contribution in [0.25, 0.3) is 6.05 Å². The van der Waals surface area contributed by atoms with Gasteiger partial charge in [-0.2, -0.15) is 0 Å². The molecule has 1 aliphatic heterocycles. The summed E-state index contributed by atoms with van der Waals surface area (Å²) in [5, 5.41) is 0. The molecule has 0 fully saturated rings. The molecule has 1 heterocycles. The lowest BCUT2D eigenvalue weighted by Gasteiger charge is -2.07. The number of carbonyl (C=O) groups excluding carboxylic acids is 1. The van der Waals surface area contributed by atoms with Crippen molar-refractivity contribution in [1.82, 2.24) is 0 Å². The SMILES string of the molecule is [2H]/C(=C1/N=C(c2ccccc2)OC1=O)c1ccc(OC)cc1OC. The molecule has 23 heavy (non-hydrogen) atoms. The highest BCUT2D eigenvalue weighted by molar-refractivity contribution is 6.12. The number of rotatable bonds is 4. The van der Waals surface area contributed by atoms with Crippen LogP contribution >= 0.6 is 0 Å². The van der Waals surface area contributed by atoms with Gasteiger partial charge in [0.1, 0.15) is 11.5 Å². The van der Waals surface area contributed by atoms with Crippen LogP contribution in [0, 0.1) is 0 Å². The Morgan fingerprint density at radius 3 is 2.61 bits per heavy atom. The van der Waals surface area contributed by atoms with Crippen LogP contribution in [0.2, 0.25) is 0 Å². The molecule has 0 aromatic heterocycles. The summed E-state index contributed by atoms with van der Waals surface area (Å²) in [7, 11) is 3.03. The van der Waals surface area contributed by atoms with Gasteiger partial charge in [0.15, 0.2) is 5.70 Å². The molecule has 0 amide bonds. The first-order valence-electron chi connectivity index (χ1n) is 7.43. The topological polar surface area (TPSA) is 57.1 Å². The van der Waals surface area contributed by atoms with E-state index in [0.717, 1.165) is 0 Å². The lowest BCUT2D eigenvalue weighted by atomic mass is 10.1. The molecule has 5 nitrogen and oxygen atoms in total. The third-order valence-corrected chi connectivity index (χ3v) is 3.28. The Hall–Kier alpha value is -3.08. The van der Waals surface area contributed by atoms with E-state index in [1.54, 1.807) is 37.4 Å². The summed E-state index contributed by atoms with van der Waals surface area (Å²) in [6.45, 7) is 0. The third-order valence-electron chi connectivity index (χ3n) is 3.28. The lowest BCUT2D eigenvalue weighted by Crippen LogP contribution is -2.05. The number of ether oxygens (including phenoxy) is 3. The summed E-state index contributed by atoms with van der Waals surface area (Å²) in [5.41, 5.74) is 1.05. The zero-order valence-electron chi connectivity index (χ0n) is 13.7. The maximum atomic E-state index is 12.1. The molecule has 1 aliphatic rings. The normalized spacial score (nSPS) is 16.3. The number of methoxy groups -OCH3 is 2. The summed E-state index contributed by atoms with van der Waals surface area (Å²) < 4.78 is 23.9. The molecular formula is C18H15NO4. The van der Waals surface area contributed by atoms with Gasteiger partial charge in [-0.3, -0.25) is 0 Å². The van der Waals surface area contributed by atoms with Crippen molar-refractivity contribution in [2.75, 3.05) is 14.2 Å². The fourth-order valence-electron chi connectivity index (χ4n) is 2.12. The van der Waals surface area contributed by atoms with Crippen molar-refractivity contribution >= 4 is 17.9 Å². The molecule has 2 aromatic rings. The molecule has 0 saturated heterocycles. The highest BCUT2D eigenvalue weighted by Gasteiger charge is 2.24. The van der Waals surface area contributed by atoms with E-state index >= 15 is 0 Å². The van der Waals surface area contributed by atoms with Crippen LogP contribution in [0.15, 0.2) is 59.2 Å². The van der Waals surface area contributed by atoms with Gasteiger partial charge in [-0.05, 0) is 30.3 Å². The summed E-state index contributed by atoms with van der Waals surface area (Å²) in [6, 6.07) is 14.0. The lowest BCUT2D eigenvalue weighted by molar-refractivity contribution is -0.129.